The van der Waals surface area contributed by atoms with Crippen molar-refractivity contribution in [3.05, 3.63) is 22.0 Å². The van der Waals surface area contributed by atoms with Crippen molar-refractivity contribution in [2.45, 2.75) is 24.5 Å². The molecule has 3 N–H and O–H groups in total. The molecule has 9 nitrogen and oxygen atoms in total. The van der Waals surface area contributed by atoms with Gasteiger partial charge in [-0.15, -0.1) is 0 Å². The van der Waals surface area contributed by atoms with E-state index in [9.17, 15) is 15.0 Å². The van der Waals surface area contributed by atoms with Crippen LogP contribution in [0.4, 0.5) is 0 Å². The fourth-order valence-electron chi connectivity index (χ4n) is 2.45. The fourth-order valence-corrected chi connectivity index (χ4v) is 2.71. The number of ether oxygens (including phenoxy) is 2. The highest BCUT2D eigenvalue weighted by atomic mass is 35.5. The fraction of sp³-hybridized carbons (Fsp3) is 0.545. The monoisotopic (exact) mass is 316 g/mol. The van der Waals surface area contributed by atoms with Gasteiger partial charge in [0.25, 0.3) is 5.56 Å². The van der Waals surface area contributed by atoms with Crippen LogP contribution in [0.3, 0.4) is 0 Å². The zero-order valence-corrected chi connectivity index (χ0v) is 11.7. The highest BCUT2D eigenvalue weighted by Crippen LogP contribution is 2.34. The molecule has 0 unspecified atom stereocenters. The predicted octanol–water partition coefficient (Wildman–Crippen LogP) is -0.961. The smallest absolute Gasteiger partial charge is 0.278 e. The molecule has 0 saturated carbocycles. The Hall–Kier alpha value is -1.52. The molecule has 1 saturated heterocycles. The van der Waals surface area contributed by atoms with Crippen molar-refractivity contribution in [2.24, 2.45) is 0 Å². The molecule has 1 aliphatic heterocycles. The minimum atomic E-state index is -1.04. The Morgan fingerprint density at radius 1 is 1.62 bits per heavy atom. The zero-order chi connectivity index (χ0) is 15.1. The summed E-state index contributed by atoms with van der Waals surface area (Å²) in [6, 6.07) is 0. The van der Waals surface area contributed by atoms with E-state index in [1.165, 1.54) is 18.0 Å². The summed E-state index contributed by atoms with van der Waals surface area (Å²) in [4.78, 5) is 22.1. The topological polar surface area (TPSA) is 122 Å². The minimum absolute atomic E-state index is 0.0213. The van der Waals surface area contributed by atoms with Gasteiger partial charge in [-0.3, -0.25) is 9.36 Å². The maximum Gasteiger partial charge on any atom is 0.278 e. The van der Waals surface area contributed by atoms with E-state index in [0.29, 0.717) is 0 Å². The number of aliphatic hydroxyl groups excluding tert-OH is 2. The van der Waals surface area contributed by atoms with Crippen LogP contribution in [0.25, 0.3) is 11.2 Å². The van der Waals surface area contributed by atoms with Crippen LogP contribution in [-0.4, -0.2) is 61.8 Å². The Labute approximate surface area is 123 Å². The van der Waals surface area contributed by atoms with Crippen LogP contribution < -0.4 is 5.56 Å². The van der Waals surface area contributed by atoms with Gasteiger partial charge in [0.15, 0.2) is 17.4 Å². The summed E-state index contributed by atoms with van der Waals surface area (Å²) in [6.45, 7) is -0.379. The van der Waals surface area contributed by atoms with Gasteiger partial charge in [0.2, 0.25) is 5.28 Å². The first-order valence-corrected chi connectivity index (χ1v) is 6.54. The standard InChI is InChI=1S/C11H13ClN4O5/c1-20-7-6(18)4(2-17)21-10(7)16-8-5(15-11(16)12)9(19)14-3-13-8/h3-4,6-7,10,17-18H,2H2,1H3,(H,13,14,19)/t4-,6-,7-,10-/m1/s1. The predicted molar refractivity (Wildman–Crippen MR) is 71.0 cm³/mol. The molecule has 0 bridgehead atoms. The van der Waals surface area contributed by atoms with Crippen LogP contribution in [0.1, 0.15) is 6.23 Å². The van der Waals surface area contributed by atoms with Crippen molar-refractivity contribution in [3.63, 3.8) is 0 Å². The Morgan fingerprint density at radius 2 is 2.38 bits per heavy atom. The third-order valence-electron chi connectivity index (χ3n) is 3.46. The van der Waals surface area contributed by atoms with Crippen LogP contribution in [0, 0.1) is 0 Å². The number of fused-ring (bicyclic) bond motifs is 1. The molecule has 0 amide bonds. The molecule has 3 heterocycles. The number of halogens is 1. The number of methoxy groups -OCH3 is 1. The quantitative estimate of drug-likeness (QED) is 0.623. The van der Waals surface area contributed by atoms with Crippen LogP contribution in [0.5, 0.6) is 0 Å². The first kappa shape index (κ1) is 14.4. The van der Waals surface area contributed by atoms with E-state index in [1.807, 2.05) is 0 Å². The van der Waals surface area contributed by atoms with Crippen molar-refractivity contribution < 1.29 is 19.7 Å². The van der Waals surface area contributed by atoms with Crippen molar-refractivity contribution in [1.82, 2.24) is 19.5 Å². The molecule has 10 heteroatoms. The van der Waals surface area contributed by atoms with Gasteiger partial charge >= 0.3 is 0 Å². The molecule has 0 aliphatic carbocycles. The first-order valence-electron chi connectivity index (χ1n) is 6.16. The van der Waals surface area contributed by atoms with E-state index < -0.39 is 30.1 Å². The SMILES string of the molecule is CO[C@@H]1[C@H](O)[C@@H](CO)O[C@H]1n1c(Cl)nc2c(=O)[nH]cnc21. The van der Waals surface area contributed by atoms with Crippen LogP contribution in [0.15, 0.2) is 11.1 Å². The molecule has 0 aromatic carbocycles. The summed E-state index contributed by atoms with van der Waals surface area (Å²) in [7, 11) is 1.40. The lowest BCUT2D eigenvalue weighted by Crippen LogP contribution is -2.34. The molecule has 1 fully saturated rings. The average molecular weight is 317 g/mol. The minimum Gasteiger partial charge on any atom is -0.394 e. The summed E-state index contributed by atoms with van der Waals surface area (Å²) in [6.07, 6.45) is -2.28. The molecule has 1 aliphatic rings. The van der Waals surface area contributed by atoms with Gasteiger partial charge in [-0.25, -0.2) is 9.97 Å². The highest BCUT2D eigenvalue weighted by Gasteiger charge is 2.46. The van der Waals surface area contributed by atoms with Gasteiger partial charge in [0, 0.05) is 7.11 Å². The number of nitrogens with zero attached hydrogens (tertiary/aromatic N) is 3. The lowest BCUT2D eigenvalue weighted by Gasteiger charge is -2.20. The number of aromatic amines is 1. The van der Waals surface area contributed by atoms with Crippen molar-refractivity contribution in [1.29, 1.82) is 0 Å². The number of nitrogens with one attached hydrogen (secondary N) is 1. The van der Waals surface area contributed by atoms with E-state index in [0.717, 1.165) is 0 Å². The molecule has 4 atom stereocenters. The summed E-state index contributed by atoms with van der Waals surface area (Å²) in [5, 5.41) is 19.3. The Morgan fingerprint density at radius 3 is 3.05 bits per heavy atom. The molecular formula is C11H13ClN4O5. The normalized spacial score (nSPS) is 29.3. The lowest BCUT2D eigenvalue weighted by molar-refractivity contribution is -0.0581. The zero-order valence-electron chi connectivity index (χ0n) is 10.9. The number of rotatable bonds is 3. The van der Waals surface area contributed by atoms with E-state index in [4.69, 9.17) is 21.1 Å². The van der Waals surface area contributed by atoms with Crippen molar-refractivity contribution in [2.75, 3.05) is 13.7 Å². The third kappa shape index (κ3) is 2.14. The lowest BCUT2D eigenvalue weighted by atomic mass is 10.1. The number of hydrogen-bond donors (Lipinski definition) is 3. The van der Waals surface area contributed by atoms with E-state index in [-0.39, 0.29) is 23.1 Å². The van der Waals surface area contributed by atoms with E-state index in [1.54, 1.807) is 0 Å². The second-order valence-corrected chi connectivity index (χ2v) is 4.93. The van der Waals surface area contributed by atoms with Gasteiger partial charge in [0.05, 0.1) is 12.9 Å². The maximum absolute atomic E-state index is 11.7. The summed E-state index contributed by atoms with van der Waals surface area (Å²) >= 11 is 6.06. The molecule has 2 aromatic heterocycles. The van der Waals surface area contributed by atoms with Crippen LogP contribution >= 0.6 is 11.6 Å². The van der Waals surface area contributed by atoms with Gasteiger partial charge < -0.3 is 24.7 Å². The number of aromatic nitrogens is 4. The highest BCUT2D eigenvalue weighted by molar-refractivity contribution is 6.29. The number of aliphatic hydroxyl groups is 2. The summed E-state index contributed by atoms with van der Waals surface area (Å²) in [5.74, 6) is 0. The van der Waals surface area contributed by atoms with E-state index >= 15 is 0 Å². The van der Waals surface area contributed by atoms with Crippen LogP contribution in [-0.2, 0) is 9.47 Å². The van der Waals surface area contributed by atoms with Gasteiger partial charge in [-0.2, -0.15) is 0 Å². The number of imidazole rings is 1. The number of H-pyrrole nitrogens is 1. The molecular weight excluding hydrogens is 304 g/mol. The van der Waals surface area contributed by atoms with Gasteiger partial charge in [-0.05, 0) is 11.6 Å². The molecule has 21 heavy (non-hydrogen) atoms. The number of hydrogen-bond acceptors (Lipinski definition) is 7. The Balaban J connectivity index is 2.14. The molecule has 3 rings (SSSR count). The first-order chi connectivity index (χ1) is 10.1. The Kier molecular flexibility index (Phi) is 3.68. The molecule has 2 aromatic rings. The average Bonchev–Trinajstić information content (AvgIpc) is 2.96. The molecule has 114 valence electrons. The van der Waals surface area contributed by atoms with Gasteiger partial charge in [-0.1, -0.05) is 0 Å². The second-order valence-electron chi connectivity index (χ2n) is 4.59. The van der Waals surface area contributed by atoms with Gasteiger partial charge in [0.1, 0.15) is 18.3 Å². The maximum atomic E-state index is 11.7. The van der Waals surface area contributed by atoms with Crippen molar-refractivity contribution in [3.8, 4) is 0 Å². The second kappa shape index (κ2) is 5.35. The van der Waals surface area contributed by atoms with E-state index in [2.05, 4.69) is 15.0 Å². The van der Waals surface area contributed by atoms with Crippen molar-refractivity contribution >= 4 is 22.8 Å². The van der Waals surface area contributed by atoms with Crippen LogP contribution in [0.2, 0.25) is 5.28 Å². The Bertz CT molecular complexity index is 716. The molecule has 0 spiro atoms. The third-order valence-corrected chi connectivity index (χ3v) is 3.73. The molecule has 0 radical (unpaired) electrons. The largest absolute Gasteiger partial charge is 0.394 e. The summed E-state index contributed by atoms with van der Waals surface area (Å²) < 4.78 is 12.1. The summed E-state index contributed by atoms with van der Waals surface area (Å²) in [5.41, 5.74) is -0.170.